The number of nitrogen functional groups attached to an aromatic ring is 1. The summed E-state index contributed by atoms with van der Waals surface area (Å²) >= 11 is 0. The largest absolute Gasteiger partial charge is 0.384 e. The van der Waals surface area contributed by atoms with Crippen molar-refractivity contribution in [3.05, 3.63) is 53.2 Å². The van der Waals surface area contributed by atoms with Crippen LogP contribution in [0, 0.1) is 18.3 Å². The van der Waals surface area contributed by atoms with Gasteiger partial charge in [-0.3, -0.25) is 4.79 Å². The molecule has 0 atom stereocenters. The zero-order valence-corrected chi connectivity index (χ0v) is 10.3. The maximum Gasteiger partial charge on any atom is 0.274 e. The molecule has 0 saturated heterocycles. The lowest BCUT2D eigenvalue weighted by Gasteiger charge is -2.08. The van der Waals surface area contributed by atoms with Gasteiger partial charge in [-0.2, -0.15) is 5.26 Å². The first-order chi connectivity index (χ1) is 9.11. The standard InChI is InChI=1S/C14H12N4O/c1-9-4-2-5-11(10(9)8-15)18-14(19)12-6-3-7-13(16)17-12/h2-7H,1H3,(H2,16,17)(H,18,19). The van der Waals surface area contributed by atoms with Gasteiger partial charge in [0.05, 0.1) is 11.3 Å². The Labute approximate surface area is 110 Å². The number of nitriles is 1. The van der Waals surface area contributed by atoms with Crippen molar-refractivity contribution in [1.82, 2.24) is 4.98 Å². The number of amides is 1. The summed E-state index contributed by atoms with van der Waals surface area (Å²) in [5, 5.41) is 11.8. The number of anilines is 2. The third kappa shape index (κ3) is 2.69. The van der Waals surface area contributed by atoms with Crippen LogP contribution < -0.4 is 11.1 Å². The van der Waals surface area contributed by atoms with E-state index in [1.165, 1.54) is 0 Å². The quantitative estimate of drug-likeness (QED) is 0.856. The van der Waals surface area contributed by atoms with Crippen molar-refractivity contribution in [2.45, 2.75) is 6.92 Å². The Morgan fingerprint density at radius 2 is 2.05 bits per heavy atom. The van der Waals surface area contributed by atoms with Gasteiger partial charge in [0.2, 0.25) is 0 Å². The number of hydrogen-bond acceptors (Lipinski definition) is 4. The van der Waals surface area contributed by atoms with Crippen LogP contribution in [-0.4, -0.2) is 10.9 Å². The van der Waals surface area contributed by atoms with Crippen LogP contribution >= 0.6 is 0 Å². The smallest absolute Gasteiger partial charge is 0.274 e. The van der Waals surface area contributed by atoms with Gasteiger partial charge < -0.3 is 11.1 Å². The van der Waals surface area contributed by atoms with Gasteiger partial charge in [-0.05, 0) is 30.7 Å². The Balaban J connectivity index is 2.30. The summed E-state index contributed by atoms with van der Waals surface area (Å²) in [6, 6.07) is 12.2. The zero-order valence-electron chi connectivity index (χ0n) is 10.3. The van der Waals surface area contributed by atoms with Crippen LogP contribution in [0.1, 0.15) is 21.6 Å². The van der Waals surface area contributed by atoms with E-state index < -0.39 is 5.91 Å². The van der Waals surface area contributed by atoms with Crippen LogP contribution in [0.3, 0.4) is 0 Å². The van der Waals surface area contributed by atoms with Crippen LogP contribution in [0.15, 0.2) is 36.4 Å². The second-order valence-corrected chi connectivity index (χ2v) is 4.01. The second kappa shape index (κ2) is 5.19. The SMILES string of the molecule is Cc1cccc(NC(=O)c2cccc(N)n2)c1C#N. The van der Waals surface area contributed by atoms with E-state index in [1.54, 1.807) is 30.3 Å². The number of aromatic nitrogens is 1. The molecular weight excluding hydrogens is 240 g/mol. The maximum absolute atomic E-state index is 12.0. The van der Waals surface area contributed by atoms with Gasteiger partial charge in [0.15, 0.2) is 0 Å². The van der Waals surface area contributed by atoms with Crippen molar-refractivity contribution >= 4 is 17.4 Å². The van der Waals surface area contributed by atoms with Gasteiger partial charge in [-0.15, -0.1) is 0 Å². The Kier molecular flexibility index (Phi) is 3.44. The lowest BCUT2D eigenvalue weighted by molar-refractivity contribution is 0.102. The number of nitrogens with two attached hydrogens (primary N) is 1. The van der Waals surface area contributed by atoms with Crippen molar-refractivity contribution in [2.75, 3.05) is 11.1 Å². The number of hydrogen-bond donors (Lipinski definition) is 2. The van der Waals surface area contributed by atoms with E-state index in [0.717, 1.165) is 5.56 Å². The minimum absolute atomic E-state index is 0.213. The molecule has 2 aromatic rings. The molecule has 19 heavy (non-hydrogen) atoms. The molecule has 94 valence electrons. The molecule has 5 nitrogen and oxygen atoms in total. The highest BCUT2D eigenvalue weighted by Crippen LogP contribution is 2.19. The van der Waals surface area contributed by atoms with Crippen molar-refractivity contribution < 1.29 is 4.79 Å². The Bertz CT molecular complexity index is 673. The van der Waals surface area contributed by atoms with E-state index in [1.807, 2.05) is 13.0 Å². The molecule has 1 amide bonds. The van der Waals surface area contributed by atoms with Crippen molar-refractivity contribution in [1.29, 1.82) is 5.26 Å². The summed E-state index contributed by atoms with van der Waals surface area (Å²) in [7, 11) is 0. The number of nitrogens with zero attached hydrogens (tertiary/aromatic N) is 2. The van der Waals surface area contributed by atoms with E-state index >= 15 is 0 Å². The molecule has 0 saturated carbocycles. The molecule has 5 heteroatoms. The summed E-state index contributed by atoms with van der Waals surface area (Å²) in [4.78, 5) is 15.9. The number of carbonyl (C=O) groups is 1. The first kappa shape index (κ1) is 12.6. The third-order valence-corrected chi connectivity index (χ3v) is 2.64. The van der Waals surface area contributed by atoms with E-state index in [2.05, 4.69) is 16.4 Å². The lowest BCUT2D eigenvalue weighted by atomic mass is 10.1. The van der Waals surface area contributed by atoms with E-state index in [-0.39, 0.29) is 11.5 Å². The third-order valence-electron chi connectivity index (χ3n) is 2.64. The van der Waals surface area contributed by atoms with Gasteiger partial charge >= 0.3 is 0 Å². The fourth-order valence-electron chi connectivity index (χ4n) is 1.68. The fraction of sp³-hybridized carbons (Fsp3) is 0.0714. The molecule has 1 aromatic carbocycles. The average molecular weight is 252 g/mol. The molecule has 0 bridgehead atoms. The number of benzene rings is 1. The maximum atomic E-state index is 12.0. The van der Waals surface area contributed by atoms with Crippen LogP contribution in [-0.2, 0) is 0 Å². The van der Waals surface area contributed by atoms with E-state index in [0.29, 0.717) is 11.3 Å². The van der Waals surface area contributed by atoms with E-state index in [4.69, 9.17) is 11.0 Å². The summed E-state index contributed by atoms with van der Waals surface area (Å²) in [6.45, 7) is 1.81. The van der Waals surface area contributed by atoms with Gasteiger partial charge in [-0.25, -0.2) is 4.98 Å². The Morgan fingerprint density at radius 1 is 1.32 bits per heavy atom. The minimum atomic E-state index is -0.394. The summed E-state index contributed by atoms with van der Waals surface area (Å²) in [5.74, 6) is -0.119. The summed E-state index contributed by atoms with van der Waals surface area (Å²) < 4.78 is 0. The first-order valence-corrected chi connectivity index (χ1v) is 5.65. The molecule has 0 radical (unpaired) electrons. The molecule has 0 aliphatic carbocycles. The molecule has 1 aromatic heterocycles. The van der Waals surface area contributed by atoms with Crippen molar-refractivity contribution in [3.8, 4) is 6.07 Å². The highest BCUT2D eigenvalue weighted by atomic mass is 16.1. The molecule has 0 aliphatic heterocycles. The van der Waals surface area contributed by atoms with Gasteiger partial charge in [0.25, 0.3) is 5.91 Å². The second-order valence-electron chi connectivity index (χ2n) is 4.01. The molecular formula is C14H12N4O. The van der Waals surface area contributed by atoms with Crippen LogP contribution in [0.25, 0.3) is 0 Å². The number of pyridine rings is 1. The fourth-order valence-corrected chi connectivity index (χ4v) is 1.68. The monoisotopic (exact) mass is 252 g/mol. The zero-order chi connectivity index (χ0) is 13.8. The van der Waals surface area contributed by atoms with Gasteiger partial charge in [0, 0.05) is 0 Å². The molecule has 1 heterocycles. The molecule has 0 spiro atoms. The topological polar surface area (TPSA) is 91.8 Å². The molecule has 2 rings (SSSR count). The highest BCUT2D eigenvalue weighted by Gasteiger charge is 2.11. The molecule has 0 unspecified atom stereocenters. The van der Waals surface area contributed by atoms with Crippen LogP contribution in [0.4, 0.5) is 11.5 Å². The number of rotatable bonds is 2. The number of carbonyl (C=O) groups excluding carboxylic acids is 1. The Morgan fingerprint density at radius 3 is 2.74 bits per heavy atom. The predicted molar refractivity (Wildman–Crippen MR) is 72.5 cm³/mol. The Hall–Kier alpha value is -2.87. The van der Waals surface area contributed by atoms with Crippen molar-refractivity contribution in [2.24, 2.45) is 0 Å². The van der Waals surface area contributed by atoms with Crippen LogP contribution in [0.2, 0.25) is 0 Å². The van der Waals surface area contributed by atoms with E-state index in [9.17, 15) is 4.79 Å². The first-order valence-electron chi connectivity index (χ1n) is 5.65. The number of nitrogens with one attached hydrogen (secondary N) is 1. The van der Waals surface area contributed by atoms with Crippen LogP contribution in [0.5, 0.6) is 0 Å². The minimum Gasteiger partial charge on any atom is -0.384 e. The summed E-state index contributed by atoms with van der Waals surface area (Å²) in [6.07, 6.45) is 0. The lowest BCUT2D eigenvalue weighted by Crippen LogP contribution is -2.15. The summed E-state index contributed by atoms with van der Waals surface area (Å²) in [5.41, 5.74) is 7.46. The normalized spacial score (nSPS) is 9.68. The van der Waals surface area contributed by atoms with Crippen molar-refractivity contribution in [3.63, 3.8) is 0 Å². The molecule has 0 fully saturated rings. The van der Waals surface area contributed by atoms with Gasteiger partial charge in [0.1, 0.15) is 17.6 Å². The average Bonchev–Trinajstić information content (AvgIpc) is 2.39. The molecule has 0 aliphatic rings. The molecule has 3 N–H and O–H groups in total. The van der Waals surface area contributed by atoms with Gasteiger partial charge in [-0.1, -0.05) is 18.2 Å². The number of aryl methyl sites for hydroxylation is 1. The predicted octanol–water partition coefficient (Wildman–Crippen LogP) is 2.10. The highest BCUT2D eigenvalue weighted by molar-refractivity contribution is 6.03.